The zero-order chi connectivity index (χ0) is 15.0. The Kier molecular flexibility index (Phi) is 3.80. The van der Waals surface area contributed by atoms with Gasteiger partial charge in [0.2, 0.25) is 5.92 Å². The van der Waals surface area contributed by atoms with E-state index in [-0.39, 0.29) is 31.1 Å². The smallest absolute Gasteiger partial charge is 0.310 e. The summed E-state index contributed by atoms with van der Waals surface area (Å²) in [6.45, 7) is 5.38. The fourth-order valence-electron chi connectivity index (χ4n) is 2.36. The predicted octanol–water partition coefficient (Wildman–Crippen LogP) is 3.48. The van der Waals surface area contributed by atoms with Crippen LogP contribution in [0.2, 0.25) is 0 Å². The Balaban J connectivity index is 2.07. The van der Waals surface area contributed by atoms with Crippen LogP contribution in [0.4, 0.5) is 8.78 Å². The summed E-state index contributed by atoms with van der Waals surface area (Å²) in [7, 11) is 0. The lowest BCUT2D eigenvalue weighted by molar-refractivity contribution is -0.153. The van der Waals surface area contributed by atoms with Crippen molar-refractivity contribution in [3.63, 3.8) is 0 Å². The maximum absolute atomic E-state index is 13.0. The van der Waals surface area contributed by atoms with Gasteiger partial charge in [0.05, 0.1) is 6.42 Å². The first-order chi connectivity index (χ1) is 9.16. The first-order valence-electron chi connectivity index (χ1n) is 6.70. The summed E-state index contributed by atoms with van der Waals surface area (Å²) in [6.07, 6.45) is 1.27. The molecule has 0 radical (unpaired) electrons. The van der Waals surface area contributed by atoms with Crippen molar-refractivity contribution in [2.45, 2.75) is 57.5 Å². The maximum atomic E-state index is 13.0. The van der Waals surface area contributed by atoms with E-state index in [0.29, 0.717) is 11.3 Å². The molecule has 0 amide bonds. The average molecular weight is 283 g/mol. The van der Waals surface area contributed by atoms with Crippen LogP contribution in [0.15, 0.2) is 18.3 Å². The number of ether oxygens (including phenoxy) is 1. The third kappa shape index (κ3) is 3.74. The lowest BCUT2D eigenvalue weighted by Gasteiger charge is -2.35. The maximum Gasteiger partial charge on any atom is 0.310 e. The van der Waals surface area contributed by atoms with Gasteiger partial charge < -0.3 is 4.74 Å². The van der Waals surface area contributed by atoms with Gasteiger partial charge in [0.25, 0.3) is 0 Å². The van der Waals surface area contributed by atoms with Gasteiger partial charge in [-0.2, -0.15) is 0 Å². The zero-order valence-corrected chi connectivity index (χ0v) is 12.0. The number of carbonyl (C=O) groups is 1. The van der Waals surface area contributed by atoms with E-state index in [4.69, 9.17) is 4.74 Å². The molecule has 3 nitrogen and oxygen atoms in total. The van der Waals surface area contributed by atoms with E-state index in [1.807, 2.05) is 0 Å². The van der Waals surface area contributed by atoms with Crippen LogP contribution in [0, 0.1) is 0 Å². The second-order valence-corrected chi connectivity index (χ2v) is 6.27. The summed E-state index contributed by atoms with van der Waals surface area (Å²) in [6, 6.07) is 3.46. The molecule has 1 saturated carbocycles. The average Bonchev–Trinajstić information content (AvgIpc) is 2.23. The second-order valence-electron chi connectivity index (χ2n) is 6.27. The number of hydrogen-bond acceptors (Lipinski definition) is 3. The summed E-state index contributed by atoms with van der Waals surface area (Å²) in [5.74, 6) is -3.22. The summed E-state index contributed by atoms with van der Waals surface area (Å²) in [5, 5.41) is 0. The zero-order valence-electron chi connectivity index (χ0n) is 12.0. The topological polar surface area (TPSA) is 39.2 Å². The van der Waals surface area contributed by atoms with E-state index in [2.05, 4.69) is 4.98 Å². The Morgan fingerprint density at radius 2 is 2.10 bits per heavy atom. The van der Waals surface area contributed by atoms with E-state index < -0.39 is 11.5 Å². The first-order valence-corrected chi connectivity index (χ1v) is 6.70. The number of halogens is 2. The van der Waals surface area contributed by atoms with Crippen molar-refractivity contribution < 1.29 is 18.3 Å². The molecule has 1 aliphatic carbocycles. The van der Waals surface area contributed by atoms with Crippen LogP contribution in [-0.2, 0) is 16.0 Å². The van der Waals surface area contributed by atoms with Gasteiger partial charge in [-0.15, -0.1) is 0 Å². The molecular formula is C15H19F2NO2. The summed E-state index contributed by atoms with van der Waals surface area (Å²) >= 11 is 0. The highest BCUT2D eigenvalue weighted by Gasteiger charge is 2.47. The predicted molar refractivity (Wildman–Crippen MR) is 70.7 cm³/mol. The molecule has 1 aliphatic rings. The molecule has 2 rings (SSSR count). The molecule has 1 fully saturated rings. The standard InChI is InChI=1S/C15H19F2NO2/c1-14(2,3)20-12(19)7-10-5-4-6-18-13(10)11-8-15(16,17)9-11/h4-6,11H,7-9H2,1-3H3. The Morgan fingerprint density at radius 3 is 2.65 bits per heavy atom. The molecule has 5 heteroatoms. The van der Waals surface area contributed by atoms with Gasteiger partial charge in [0.15, 0.2) is 0 Å². The molecule has 0 aromatic carbocycles. The van der Waals surface area contributed by atoms with Crippen LogP contribution in [-0.4, -0.2) is 22.5 Å². The van der Waals surface area contributed by atoms with Crippen LogP contribution < -0.4 is 0 Å². The van der Waals surface area contributed by atoms with E-state index in [9.17, 15) is 13.6 Å². The van der Waals surface area contributed by atoms with E-state index in [1.165, 1.54) is 0 Å². The highest BCUT2D eigenvalue weighted by atomic mass is 19.3. The van der Waals surface area contributed by atoms with Crippen molar-refractivity contribution in [3.8, 4) is 0 Å². The lowest BCUT2D eigenvalue weighted by Crippen LogP contribution is -2.35. The molecule has 0 saturated heterocycles. The van der Waals surface area contributed by atoms with E-state index in [1.54, 1.807) is 39.1 Å². The number of alkyl halides is 2. The third-order valence-corrected chi connectivity index (χ3v) is 3.16. The molecule has 1 heterocycles. The van der Waals surface area contributed by atoms with Crippen LogP contribution in [0.5, 0.6) is 0 Å². The largest absolute Gasteiger partial charge is 0.460 e. The van der Waals surface area contributed by atoms with Gasteiger partial charge in [-0.05, 0) is 32.4 Å². The molecule has 0 unspecified atom stereocenters. The summed E-state index contributed by atoms with van der Waals surface area (Å²) < 4.78 is 31.2. The van der Waals surface area contributed by atoms with Crippen molar-refractivity contribution in [1.29, 1.82) is 0 Å². The van der Waals surface area contributed by atoms with Crippen molar-refractivity contribution in [2.24, 2.45) is 0 Å². The fraction of sp³-hybridized carbons (Fsp3) is 0.600. The van der Waals surface area contributed by atoms with Gasteiger partial charge in [-0.1, -0.05) is 6.07 Å². The molecule has 0 atom stereocenters. The Hall–Kier alpha value is -1.52. The lowest BCUT2D eigenvalue weighted by atomic mass is 9.77. The van der Waals surface area contributed by atoms with Crippen LogP contribution in [0.1, 0.15) is 50.8 Å². The van der Waals surface area contributed by atoms with Crippen molar-refractivity contribution in [3.05, 3.63) is 29.6 Å². The van der Waals surface area contributed by atoms with Gasteiger partial charge in [0.1, 0.15) is 5.60 Å². The minimum absolute atomic E-state index is 0.0719. The van der Waals surface area contributed by atoms with Gasteiger partial charge >= 0.3 is 5.97 Å². The first kappa shape index (κ1) is 14.9. The molecular weight excluding hydrogens is 264 g/mol. The number of pyridine rings is 1. The Labute approximate surface area is 117 Å². The minimum atomic E-state index is -2.59. The third-order valence-electron chi connectivity index (χ3n) is 3.16. The highest BCUT2D eigenvalue weighted by molar-refractivity contribution is 5.73. The number of rotatable bonds is 3. The normalized spacial score (nSPS) is 18.4. The molecule has 0 spiro atoms. The van der Waals surface area contributed by atoms with Crippen LogP contribution >= 0.6 is 0 Å². The number of esters is 1. The number of aromatic nitrogens is 1. The SMILES string of the molecule is CC(C)(C)OC(=O)Cc1cccnc1C1CC(F)(F)C1. The van der Waals surface area contributed by atoms with E-state index in [0.717, 1.165) is 0 Å². The Morgan fingerprint density at radius 1 is 1.45 bits per heavy atom. The summed E-state index contributed by atoms with van der Waals surface area (Å²) in [5.41, 5.74) is 0.731. The molecule has 1 aromatic rings. The second kappa shape index (κ2) is 5.11. The van der Waals surface area contributed by atoms with Crippen molar-refractivity contribution >= 4 is 5.97 Å². The molecule has 0 bridgehead atoms. The molecule has 110 valence electrons. The van der Waals surface area contributed by atoms with Gasteiger partial charge in [-0.25, -0.2) is 8.78 Å². The quantitative estimate of drug-likeness (QED) is 0.797. The minimum Gasteiger partial charge on any atom is -0.460 e. The number of carbonyl (C=O) groups excluding carboxylic acids is 1. The van der Waals surface area contributed by atoms with E-state index >= 15 is 0 Å². The van der Waals surface area contributed by atoms with Crippen LogP contribution in [0.25, 0.3) is 0 Å². The van der Waals surface area contributed by atoms with Gasteiger partial charge in [0, 0.05) is 30.7 Å². The monoisotopic (exact) mass is 283 g/mol. The van der Waals surface area contributed by atoms with Crippen molar-refractivity contribution in [1.82, 2.24) is 4.98 Å². The highest BCUT2D eigenvalue weighted by Crippen LogP contribution is 2.48. The van der Waals surface area contributed by atoms with Crippen molar-refractivity contribution in [2.75, 3.05) is 0 Å². The summed E-state index contributed by atoms with van der Waals surface area (Å²) in [4.78, 5) is 16.0. The molecule has 0 N–H and O–H groups in total. The van der Waals surface area contributed by atoms with Gasteiger partial charge in [-0.3, -0.25) is 9.78 Å². The molecule has 0 aliphatic heterocycles. The number of nitrogens with zero attached hydrogens (tertiary/aromatic N) is 1. The molecule has 20 heavy (non-hydrogen) atoms. The molecule has 1 aromatic heterocycles. The fourth-order valence-corrected chi connectivity index (χ4v) is 2.36. The van der Waals surface area contributed by atoms with Crippen LogP contribution in [0.3, 0.4) is 0 Å². The Bertz CT molecular complexity index is 501. The number of hydrogen-bond donors (Lipinski definition) is 0.